The molecule has 1 saturated heterocycles. The molecule has 178 valence electrons. The maximum atomic E-state index is 12.9. The second kappa shape index (κ2) is 9.61. The molecule has 1 amide bonds. The van der Waals surface area contributed by atoms with Crippen molar-refractivity contribution in [3.63, 3.8) is 0 Å². The van der Waals surface area contributed by atoms with E-state index in [2.05, 4.69) is 14.7 Å². The third-order valence-corrected chi connectivity index (χ3v) is 7.12. The Morgan fingerprint density at radius 3 is 2.29 bits per heavy atom. The molecule has 0 saturated carbocycles. The van der Waals surface area contributed by atoms with Gasteiger partial charge in [0.1, 0.15) is 6.33 Å². The summed E-state index contributed by atoms with van der Waals surface area (Å²) in [5, 5.41) is 0. The molecule has 2 aromatic carbocycles. The molecule has 1 atom stereocenters. The molecule has 4 rings (SSSR count). The lowest BCUT2D eigenvalue weighted by Crippen LogP contribution is -2.48. The normalized spacial score (nSPS) is 16.8. The smallest absolute Gasteiger partial charge is 0.416 e. The SMILES string of the molecule is O=C(c1ccc(-c2cncnc2)cc1)N1CCC(N[S+](=O)([O-])c2cccc(C(F)(F)F)c2)CC1. The molecule has 7 nitrogen and oxygen atoms in total. The van der Waals surface area contributed by atoms with Crippen LogP contribution >= 0.6 is 0 Å². The van der Waals surface area contributed by atoms with Crippen molar-refractivity contribution in [2.75, 3.05) is 13.1 Å². The number of aromatic nitrogens is 2. The highest BCUT2D eigenvalue weighted by atomic mass is 32.3. The van der Waals surface area contributed by atoms with Gasteiger partial charge in [-0.25, -0.2) is 9.97 Å². The van der Waals surface area contributed by atoms with Crippen molar-refractivity contribution in [3.05, 3.63) is 78.4 Å². The second-order valence-corrected chi connectivity index (χ2v) is 9.63. The van der Waals surface area contributed by atoms with Gasteiger partial charge in [-0.15, -0.1) is 4.72 Å². The monoisotopic (exact) mass is 490 g/mol. The summed E-state index contributed by atoms with van der Waals surface area (Å²) >= 11 is 0. The molecule has 1 unspecified atom stereocenters. The molecule has 1 N–H and O–H groups in total. The van der Waals surface area contributed by atoms with Crippen molar-refractivity contribution in [2.24, 2.45) is 0 Å². The number of nitrogens with zero attached hydrogens (tertiary/aromatic N) is 3. The summed E-state index contributed by atoms with van der Waals surface area (Å²) < 4.78 is 66.4. The van der Waals surface area contributed by atoms with E-state index in [4.69, 9.17) is 0 Å². The van der Waals surface area contributed by atoms with Crippen LogP contribution in [0.1, 0.15) is 28.8 Å². The van der Waals surface area contributed by atoms with Gasteiger partial charge < -0.3 is 9.45 Å². The van der Waals surface area contributed by atoms with Gasteiger partial charge in [-0.1, -0.05) is 22.4 Å². The molecule has 1 aliphatic heterocycles. The van der Waals surface area contributed by atoms with Crippen molar-refractivity contribution in [3.8, 4) is 11.1 Å². The van der Waals surface area contributed by atoms with Gasteiger partial charge in [-0.3, -0.25) is 4.79 Å². The van der Waals surface area contributed by atoms with Gasteiger partial charge in [0.15, 0.2) is 15.3 Å². The molecule has 0 radical (unpaired) electrons. The number of likely N-dealkylation sites (tertiary alicyclic amines) is 1. The number of alkyl halides is 3. The highest BCUT2D eigenvalue weighted by molar-refractivity contribution is 7.95. The molecule has 3 aromatic rings. The molecule has 34 heavy (non-hydrogen) atoms. The largest absolute Gasteiger partial charge is 0.593 e. The lowest BCUT2D eigenvalue weighted by Gasteiger charge is -2.33. The zero-order chi connectivity index (χ0) is 24.3. The number of halogens is 3. The number of carbonyl (C=O) groups is 1. The Balaban J connectivity index is 1.36. The minimum absolute atomic E-state index is 0.171. The first kappa shape index (κ1) is 24.0. The van der Waals surface area contributed by atoms with E-state index < -0.39 is 33.1 Å². The van der Waals surface area contributed by atoms with E-state index in [9.17, 15) is 26.7 Å². The summed E-state index contributed by atoms with van der Waals surface area (Å²) in [4.78, 5) is 22.0. The van der Waals surface area contributed by atoms with Crippen LogP contribution in [0.3, 0.4) is 0 Å². The van der Waals surface area contributed by atoms with Gasteiger partial charge in [-0.05, 0) is 42.7 Å². The molecule has 1 aliphatic rings. The number of benzene rings is 2. The Bertz CT molecular complexity index is 1200. The lowest BCUT2D eigenvalue weighted by atomic mass is 10.0. The quantitative estimate of drug-likeness (QED) is 0.546. The maximum absolute atomic E-state index is 12.9. The number of amides is 1. The van der Waals surface area contributed by atoms with E-state index in [-0.39, 0.29) is 5.91 Å². The van der Waals surface area contributed by atoms with Crippen LogP contribution in [-0.4, -0.2) is 44.5 Å². The van der Waals surface area contributed by atoms with Crippen molar-refractivity contribution < 1.29 is 26.7 Å². The fourth-order valence-electron chi connectivity index (χ4n) is 3.76. The minimum atomic E-state index is -4.63. The van der Waals surface area contributed by atoms with Crippen LogP contribution in [-0.2, 0) is 20.8 Å². The highest BCUT2D eigenvalue weighted by Gasteiger charge is 2.34. The first-order valence-electron chi connectivity index (χ1n) is 10.5. The van der Waals surface area contributed by atoms with E-state index in [0.717, 1.165) is 29.3 Å². The summed E-state index contributed by atoms with van der Waals surface area (Å²) in [6.07, 6.45) is 0.853. The summed E-state index contributed by atoms with van der Waals surface area (Å²) in [7, 11) is -4.13. The topological polar surface area (TPSA) is 98.2 Å². The average Bonchev–Trinajstić information content (AvgIpc) is 2.84. The van der Waals surface area contributed by atoms with E-state index in [1.54, 1.807) is 29.4 Å². The van der Waals surface area contributed by atoms with Crippen LogP contribution in [0.25, 0.3) is 11.1 Å². The van der Waals surface area contributed by atoms with Crippen LogP contribution < -0.4 is 4.72 Å². The summed E-state index contributed by atoms with van der Waals surface area (Å²) in [5.74, 6) is -0.171. The minimum Gasteiger partial charge on any atom is -0.593 e. The summed E-state index contributed by atoms with van der Waals surface area (Å²) in [6.45, 7) is 0.645. The number of piperidine rings is 1. The van der Waals surface area contributed by atoms with Crippen LogP contribution in [0.5, 0.6) is 0 Å². The fourth-order valence-corrected chi connectivity index (χ4v) is 5.11. The number of carbonyl (C=O) groups excluding carboxylic acids is 1. The number of nitrogens with one attached hydrogen (secondary N) is 1. The van der Waals surface area contributed by atoms with E-state index in [1.807, 2.05) is 12.1 Å². The number of rotatable bonds is 5. The van der Waals surface area contributed by atoms with Gasteiger partial charge in [0.05, 0.1) is 11.6 Å². The van der Waals surface area contributed by atoms with Gasteiger partial charge in [0, 0.05) is 42.7 Å². The van der Waals surface area contributed by atoms with Gasteiger partial charge >= 0.3 is 6.18 Å². The molecule has 11 heteroatoms. The van der Waals surface area contributed by atoms with Crippen LogP contribution in [0.2, 0.25) is 0 Å². The maximum Gasteiger partial charge on any atom is 0.416 e. The third kappa shape index (κ3) is 5.49. The Morgan fingerprint density at radius 1 is 1.03 bits per heavy atom. The third-order valence-electron chi connectivity index (χ3n) is 5.60. The van der Waals surface area contributed by atoms with E-state index >= 15 is 0 Å². The van der Waals surface area contributed by atoms with Gasteiger partial charge in [-0.2, -0.15) is 13.2 Å². The summed E-state index contributed by atoms with van der Waals surface area (Å²) in [5.41, 5.74) is 1.18. The molecule has 0 aliphatic carbocycles. The van der Waals surface area contributed by atoms with Crippen molar-refractivity contribution in [1.82, 2.24) is 19.6 Å². The van der Waals surface area contributed by atoms with Crippen LogP contribution in [0.4, 0.5) is 13.2 Å². The van der Waals surface area contributed by atoms with Crippen molar-refractivity contribution >= 4 is 16.3 Å². The lowest BCUT2D eigenvalue weighted by molar-refractivity contribution is -0.137. The highest BCUT2D eigenvalue weighted by Crippen LogP contribution is 2.31. The first-order valence-corrected chi connectivity index (χ1v) is 12.0. The molecule has 2 heterocycles. The zero-order valence-electron chi connectivity index (χ0n) is 17.9. The number of sulfonamides is 1. The molecular formula is C23H21F3N4O3S. The molecule has 1 aromatic heterocycles. The Morgan fingerprint density at radius 2 is 1.68 bits per heavy atom. The molecular weight excluding hydrogens is 469 g/mol. The van der Waals surface area contributed by atoms with Crippen LogP contribution in [0, 0.1) is 0 Å². The number of hydrogen-bond donors (Lipinski definition) is 1. The fraction of sp³-hybridized carbons (Fsp3) is 0.261. The van der Waals surface area contributed by atoms with Crippen LogP contribution in [0.15, 0.2) is 72.1 Å². The molecule has 0 spiro atoms. The predicted molar refractivity (Wildman–Crippen MR) is 118 cm³/mol. The molecule has 1 fully saturated rings. The Hall–Kier alpha value is -3.15. The van der Waals surface area contributed by atoms with Gasteiger partial charge in [0.25, 0.3) is 5.91 Å². The zero-order valence-corrected chi connectivity index (χ0v) is 18.7. The number of hydrogen-bond acceptors (Lipinski definition) is 5. The summed E-state index contributed by atoms with van der Waals surface area (Å²) in [6, 6.07) is 10.2. The van der Waals surface area contributed by atoms with E-state index in [0.29, 0.717) is 37.6 Å². The Labute approximate surface area is 195 Å². The second-order valence-electron chi connectivity index (χ2n) is 7.92. The molecule has 0 bridgehead atoms. The van der Waals surface area contributed by atoms with E-state index in [1.165, 1.54) is 6.33 Å². The average molecular weight is 491 g/mol. The first-order chi connectivity index (χ1) is 16.1. The Kier molecular flexibility index (Phi) is 6.78. The van der Waals surface area contributed by atoms with Gasteiger partial charge in [0.2, 0.25) is 0 Å². The van der Waals surface area contributed by atoms with Crippen molar-refractivity contribution in [2.45, 2.75) is 30.0 Å². The standard InChI is InChI=1S/C23H21F3N4O3S/c24-23(25,26)19-2-1-3-21(12-19)34(32,33)29-20-8-10-30(11-9-20)22(31)17-6-4-16(5-7-17)18-13-27-15-28-14-18/h1-7,12-15,20H,8-11H2,(H-,29,32,33). The van der Waals surface area contributed by atoms with Crippen molar-refractivity contribution in [1.29, 1.82) is 0 Å². The predicted octanol–water partition coefficient (Wildman–Crippen LogP) is 3.96.